The topological polar surface area (TPSA) is 25.8 Å². The maximum Gasteiger partial charge on any atom is 0.161 e. The second-order valence-corrected chi connectivity index (χ2v) is 11.8. The average Bonchev–Trinajstić information content (AvgIpc) is 3.40. The molecule has 0 fully saturated rings. The van der Waals surface area contributed by atoms with Crippen molar-refractivity contribution in [3.8, 4) is 44.9 Å². The van der Waals surface area contributed by atoms with Gasteiger partial charge in [0, 0.05) is 22.9 Å². The van der Waals surface area contributed by atoms with Crippen LogP contribution in [0.2, 0.25) is 0 Å². The van der Waals surface area contributed by atoms with Crippen LogP contribution >= 0.6 is 0 Å². The van der Waals surface area contributed by atoms with Crippen LogP contribution in [-0.4, -0.2) is 9.97 Å². The summed E-state index contributed by atoms with van der Waals surface area (Å²) in [5.41, 5.74) is 8.06. The standard InChI is InChI=1S/C42H24N2/c1-2-10-27-22-30-23-29(20-19-28(30)21-26(27)9-1)39-31-13-3-5-15-33(31)40(34-16-6-4-14-32(34)39)42-43-24-37-35-17-7-11-25-12-8-18-36(38(25)35)41(37)44-42/h1-24H. The van der Waals surface area contributed by atoms with Gasteiger partial charge in [0.05, 0.1) is 5.69 Å². The molecule has 202 valence electrons. The molecule has 0 spiro atoms. The monoisotopic (exact) mass is 556 g/mol. The number of nitrogens with zero attached hydrogens (tertiary/aromatic N) is 2. The number of benzene rings is 8. The van der Waals surface area contributed by atoms with Gasteiger partial charge in [0.25, 0.3) is 0 Å². The van der Waals surface area contributed by atoms with E-state index in [0.717, 1.165) is 33.4 Å². The van der Waals surface area contributed by atoms with Gasteiger partial charge in [-0.1, -0.05) is 121 Å². The molecule has 2 nitrogen and oxygen atoms in total. The highest BCUT2D eigenvalue weighted by Crippen LogP contribution is 2.48. The van der Waals surface area contributed by atoms with Crippen molar-refractivity contribution >= 4 is 53.9 Å². The van der Waals surface area contributed by atoms with Crippen LogP contribution in [0.15, 0.2) is 146 Å². The van der Waals surface area contributed by atoms with Crippen LogP contribution < -0.4 is 0 Å². The fourth-order valence-corrected chi connectivity index (χ4v) is 7.44. The minimum atomic E-state index is 0.762. The first kappa shape index (κ1) is 23.7. The van der Waals surface area contributed by atoms with Crippen LogP contribution in [0.4, 0.5) is 0 Å². The summed E-state index contributed by atoms with van der Waals surface area (Å²) in [5.74, 6) is 0.762. The van der Waals surface area contributed by atoms with E-state index in [9.17, 15) is 0 Å². The first-order chi connectivity index (χ1) is 21.8. The Bertz CT molecular complexity index is 2600. The van der Waals surface area contributed by atoms with E-state index in [2.05, 4.69) is 140 Å². The van der Waals surface area contributed by atoms with E-state index in [-0.39, 0.29) is 0 Å². The Kier molecular flexibility index (Phi) is 4.75. The van der Waals surface area contributed by atoms with E-state index in [0.29, 0.717) is 0 Å². The highest BCUT2D eigenvalue weighted by molar-refractivity contribution is 6.22. The Labute approximate surface area is 253 Å². The molecule has 1 aliphatic rings. The first-order valence-electron chi connectivity index (χ1n) is 15.1. The van der Waals surface area contributed by atoms with Crippen molar-refractivity contribution in [1.82, 2.24) is 9.97 Å². The molecule has 1 aliphatic carbocycles. The summed E-state index contributed by atoms with van der Waals surface area (Å²) in [5, 5.41) is 12.3. The number of hydrogen-bond acceptors (Lipinski definition) is 2. The van der Waals surface area contributed by atoms with Crippen LogP contribution in [-0.2, 0) is 0 Å². The molecule has 0 amide bonds. The van der Waals surface area contributed by atoms with Gasteiger partial charge < -0.3 is 0 Å². The fraction of sp³-hybridized carbons (Fsp3) is 0. The minimum absolute atomic E-state index is 0.762. The van der Waals surface area contributed by atoms with Gasteiger partial charge in [0.2, 0.25) is 0 Å². The molecule has 0 aliphatic heterocycles. The Morgan fingerprint density at radius 3 is 1.66 bits per heavy atom. The van der Waals surface area contributed by atoms with Crippen molar-refractivity contribution in [2.24, 2.45) is 0 Å². The second kappa shape index (κ2) is 8.82. The third-order valence-electron chi connectivity index (χ3n) is 9.39. The molecule has 0 saturated carbocycles. The lowest BCUT2D eigenvalue weighted by Crippen LogP contribution is -1.96. The van der Waals surface area contributed by atoms with Crippen LogP contribution in [0.3, 0.4) is 0 Å². The lowest BCUT2D eigenvalue weighted by atomic mass is 9.87. The molecule has 44 heavy (non-hydrogen) atoms. The van der Waals surface area contributed by atoms with E-state index in [1.54, 1.807) is 0 Å². The number of rotatable bonds is 2. The zero-order valence-corrected chi connectivity index (χ0v) is 23.8. The molecular weight excluding hydrogens is 532 g/mol. The number of fused-ring (bicyclic) bond motifs is 7. The van der Waals surface area contributed by atoms with Crippen molar-refractivity contribution in [2.45, 2.75) is 0 Å². The highest BCUT2D eigenvalue weighted by Gasteiger charge is 2.25. The Balaban J connectivity index is 1.25. The normalized spacial score (nSPS) is 12.1. The molecule has 1 aromatic heterocycles. The van der Waals surface area contributed by atoms with Gasteiger partial charge >= 0.3 is 0 Å². The zero-order chi connectivity index (χ0) is 28.8. The molecule has 0 saturated heterocycles. The molecule has 8 aromatic carbocycles. The maximum atomic E-state index is 5.32. The van der Waals surface area contributed by atoms with E-state index in [1.807, 2.05) is 6.20 Å². The summed E-state index contributed by atoms with van der Waals surface area (Å²) in [7, 11) is 0. The summed E-state index contributed by atoms with van der Waals surface area (Å²) < 4.78 is 0. The molecule has 9 aromatic rings. The lowest BCUT2D eigenvalue weighted by molar-refractivity contribution is 1.20. The van der Waals surface area contributed by atoms with Crippen molar-refractivity contribution < 1.29 is 0 Å². The van der Waals surface area contributed by atoms with Gasteiger partial charge in [0.15, 0.2) is 5.82 Å². The third kappa shape index (κ3) is 3.25. The molecule has 0 bridgehead atoms. The summed E-state index contributed by atoms with van der Waals surface area (Å²) in [6, 6.07) is 50.5. The van der Waals surface area contributed by atoms with Gasteiger partial charge in [-0.15, -0.1) is 0 Å². The summed E-state index contributed by atoms with van der Waals surface area (Å²) in [4.78, 5) is 10.4. The van der Waals surface area contributed by atoms with Gasteiger partial charge in [-0.25, -0.2) is 9.97 Å². The van der Waals surface area contributed by atoms with Crippen LogP contribution in [0.1, 0.15) is 0 Å². The first-order valence-corrected chi connectivity index (χ1v) is 15.1. The van der Waals surface area contributed by atoms with Crippen LogP contribution in [0.25, 0.3) is 98.8 Å². The van der Waals surface area contributed by atoms with E-state index in [4.69, 9.17) is 9.97 Å². The Hall–Kier alpha value is -5.86. The SMILES string of the molecule is c1ccc2cc3cc(-c4c5ccccc5c(-c5ncc6c(n5)-c5cccc7cccc-6c57)c5ccccc45)ccc3cc2c1. The molecule has 10 rings (SSSR count). The molecule has 0 atom stereocenters. The number of aromatic nitrogens is 2. The lowest BCUT2D eigenvalue weighted by Gasteiger charge is -2.17. The van der Waals surface area contributed by atoms with E-state index < -0.39 is 0 Å². The predicted molar refractivity (Wildman–Crippen MR) is 185 cm³/mol. The molecule has 0 unspecified atom stereocenters. The molecule has 2 heteroatoms. The van der Waals surface area contributed by atoms with Crippen LogP contribution in [0.5, 0.6) is 0 Å². The van der Waals surface area contributed by atoms with Crippen molar-refractivity contribution in [3.05, 3.63) is 146 Å². The van der Waals surface area contributed by atoms with E-state index in [1.165, 1.54) is 65.3 Å². The molecule has 0 radical (unpaired) electrons. The summed E-state index contributed by atoms with van der Waals surface area (Å²) in [6.07, 6.45) is 2.03. The maximum absolute atomic E-state index is 5.32. The third-order valence-corrected chi connectivity index (χ3v) is 9.39. The van der Waals surface area contributed by atoms with Gasteiger partial charge in [0.1, 0.15) is 0 Å². The van der Waals surface area contributed by atoms with Crippen molar-refractivity contribution in [1.29, 1.82) is 0 Å². The second-order valence-electron chi connectivity index (χ2n) is 11.8. The average molecular weight is 557 g/mol. The van der Waals surface area contributed by atoms with Crippen molar-refractivity contribution in [3.63, 3.8) is 0 Å². The summed E-state index contributed by atoms with van der Waals surface area (Å²) >= 11 is 0. The number of hydrogen-bond donors (Lipinski definition) is 0. The van der Waals surface area contributed by atoms with Gasteiger partial charge in [-0.05, 0) is 88.8 Å². The van der Waals surface area contributed by atoms with Gasteiger partial charge in [-0.2, -0.15) is 0 Å². The van der Waals surface area contributed by atoms with Crippen molar-refractivity contribution in [2.75, 3.05) is 0 Å². The Morgan fingerprint density at radius 1 is 0.386 bits per heavy atom. The van der Waals surface area contributed by atoms with Crippen LogP contribution in [0, 0.1) is 0 Å². The van der Waals surface area contributed by atoms with Gasteiger partial charge in [-0.3, -0.25) is 0 Å². The Morgan fingerprint density at radius 2 is 0.955 bits per heavy atom. The molecule has 0 N–H and O–H groups in total. The largest absolute Gasteiger partial charge is 0.236 e. The minimum Gasteiger partial charge on any atom is -0.236 e. The zero-order valence-electron chi connectivity index (χ0n) is 23.8. The smallest absolute Gasteiger partial charge is 0.161 e. The quantitative estimate of drug-likeness (QED) is 0.198. The summed E-state index contributed by atoms with van der Waals surface area (Å²) in [6.45, 7) is 0. The van der Waals surface area contributed by atoms with E-state index >= 15 is 0 Å². The highest BCUT2D eigenvalue weighted by atomic mass is 14.9. The predicted octanol–water partition coefficient (Wildman–Crippen LogP) is 11.2. The fourth-order valence-electron chi connectivity index (χ4n) is 7.44. The molecular formula is C42H24N2. The molecule has 1 heterocycles.